The van der Waals surface area contributed by atoms with Crippen molar-refractivity contribution >= 4 is 5.82 Å². The van der Waals surface area contributed by atoms with Crippen LogP contribution < -0.4 is 10.5 Å². The maximum atomic E-state index is 12.4. The first-order valence-electron chi connectivity index (χ1n) is 8.40. The minimum absolute atomic E-state index is 0.0660. The third-order valence-corrected chi connectivity index (χ3v) is 4.47. The van der Waals surface area contributed by atoms with Crippen molar-refractivity contribution in [3.8, 4) is 0 Å². The Labute approximate surface area is 131 Å². The average Bonchev–Trinajstić information content (AvgIpc) is 2.56. The minimum atomic E-state index is 0.0660. The number of unbranched alkanes of at least 4 members (excludes halogenated alkanes) is 2. The van der Waals surface area contributed by atoms with E-state index in [1.54, 1.807) is 6.07 Å². The molecule has 5 heteroatoms. The van der Waals surface area contributed by atoms with E-state index in [0.29, 0.717) is 19.8 Å². The average molecular weight is 303 g/mol. The highest BCUT2D eigenvalue weighted by atomic mass is 16.5. The first-order valence-corrected chi connectivity index (χ1v) is 8.40. The monoisotopic (exact) mass is 303 g/mol. The van der Waals surface area contributed by atoms with Crippen LogP contribution in [-0.2, 0) is 11.3 Å². The summed E-state index contributed by atoms with van der Waals surface area (Å²) in [5, 5.41) is 0. The third kappa shape index (κ3) is 3.24. The van der Waals surface area contributed by atoms with Crippen LogP contribution in [0.25, 0.3) is 0 Å². The first-order chi connectivity index (χ1) is 10.8. The highest BCUT2D eigenvalue weighted by Gasteiger charge is 2.22. The number of hydrogen-bond acceptors (Lipinski definition) is 4. The van der Waals surface area contributed by atoms with Gasteiger partial charge in [0, 0.05) is 31.6 Å². The van der Waals surface area contributed by atoms with Crippen LogP contribution in [0, 0.1) is 0 Å². The maximum absolute atomic E-state index is 12.4. The summed E-state index contributed by atoms with van der Waals surface area (Å²) in [6, 6.07) is 1.68. The summed E-state index contributed by atoms with van der Waals surface area (Å²) in [7, 11) is 0. The molecular formula is C17H25N3O2. The van der Waals surface area contributed by atoms with Crippen LogP contribution in [0.4, 0.5) is 5.82 Å². The summed E-state index contributed by atoms with van der Waals surface area (Å²) < 4.78 is 7.21. The molecule has 2 aliphatic rings. The zero-order chi connectivity index (χ0) is 15.4. The van der Waals surface area contributed by atoms with E-state index < -0.39 is 0 Å². The molecule has 3 heterocycles. The van der Waals surface area contributed by atoms with Gasteiger partial charge in [-0.15, -0.1) is 0 Å². The lowest BCUT2D eigenvalue weighted by Crippen LogP contribution is -2.39. The van der Waals surface area contributed by atoms with Gasteiger partial charge in [-0.3, -0.25) is 9.36 Å². The van der Waals surface area contributed by atoms with Crippen molar-refractivity contribution in [1.82, 2.24) is 9.55 Å². The van der Waals surface area contributed by atoms with Gasteiger partial charge in [0.05, 0.1) is 13.2 Å². The van der Waals surface area contributed by atoms with Gasteiger partial charge in [-0.2, -0.15) is 0 Å². The lowest BCUT2D eigenvalue weighted by Gasteiger charge is -2.29. The fourth-order valence-electron chi connectivity index (χ4n) is 3.19. The largest absolute Gasteiger partial charge is 0.378 e. The van der Waals surface area contributed by atoms with Crippen LogP contribution in [0.5, 0.6) is 0 Å². The molecule has 1 aromatic heterocycles. The van der Waals surface area contributed by atoms with Gasteiger partial charge < -0.3 is 9.64 Å². The number of morpholine rings is 1. The van der Waals surface area contributed by atoms with Gasteiger partial charge in [0.15, 0.2) is 0 Å². The SMILES string of the molecule is CCCCCC1C=CCn2c1nc(N1CCOCC1)cc2=O. The number of hydrogen-bond donors (Lipinski definition) is 0. The Hall–Kier alpha value is -1.62. The van der Waals surface area contributed by atoms with E-state index in [1.807, 2.05) is 4.57 Å². The van der Waals surface area contributed by atoms with E-state index >= 15 is 0 Å². The van der Waals surface area contributed by atoms with Crippen LogP contribution in [-0.4, -0.2) is 35.9 Å². The summed E-state index contributed by atoms with van der Waals surface area (Å²) in [5.74, 6) is 2.02. The van der Waals surface area contributed by atoms with Crippen molar-refractivity contribution in [3.05, 3.63) is 34.4 Å². The molecule has 0 radical (unpaired) electrons. The van der Waals surface area contributed by atoms with Crippen LogP contribution in [0.15, 0.2) is 23.0 Å². The number of anilines is 1. The number of allylic oxidation sites excluding steroid dienone is 2. The second kappa shape index (κ2) is 7.09. The Morgan fingerprint density at radius 3 is 2.91 bits per heavy atom. The van der Waals surface area contributed by atoms with Gasteiger partial charge >= 0.3 is 0 Å². The molecule has 1 aromatic rings. The van der Waals surface area contributed by atoms with Gasteiger partial charge in [0.2, 0.25) is 0 Å². The molecule has 0 amide bonds. The fraction of sp³-hybridized carbons (Fsp3) is 0.647. The topological polar surface area (TPSA) is 47.4 Å². The zero-order valence-electron chi connectivity index (χ0n) is 13.3. The second-order valence-corrected chi connectivity index (χ2v) is 6.05. The molecule has 120 valence electrons. The molecule has 0 aromatic carbocycles. The summed E-state index contributed by atoms with van der Waals surface area (Å²) >= 11 is 0. The normalized spacial score (nSPS) is 21.0. The molecule has 1 unspecified atom stereocenters. The summed E-state index contributed by atoms with van der Waals surface area (Å²) in [6.07, 6.45) is 9.02. The Balaban J connectivity index is 1.86. The molecule has 0 N–H and O–H groups in total. The van der Waals surface area contributed by atoms with E-state index in [4.69, 9.17) is 9.72 Å². The highest BCUT2D eigenvalue weighted by molar-refractivity contribution is 5.39. The molecule has 0 saturated carbocycles. The summed E-state index contributed by atoms with van der Waals surface area (Å²) in [6.45, 7) is 5.90. The number of ether oxygens (including phenoxy) is 1. The van der Waals surface area contributed by atoms with Gasteiger partial charge in [-0.1, -0.05) is 38.3 Å². The molecular weight excluding hydrogens is 278 g/mol. The Morgan fingerprint density at radius 1 is 1.32 bits per heavy atom. The Bertz CT molecular complexity index is 588. The van der Waals surface area contributed by atoms with Crippen molar-refractivity contribution in [1.29, 1.82) is 0 Å². The third-order valence-electron chi connectivity index (χ3n) is 4.47. The molecule has 3 rings (SSSR count). The summed E-state index contributed by atoms with van der Waals surface area (Å²) in [5.41, 5.74) is 0.0660. The molecule has 1 atom stereocenters. The standard InChI is InChI=1S/C17H25N3O2/c1-2-3-4-6-14-7-5-8-20-16(21)13-15(18-17(14)20)19-9-11-22-12-10-19/h5,7,13-14H,2-4,6,8-12H2,1H3. The van der Waals surface area contributed by atoms with Crippen molar-refractivity contribution < 1.29 is 4.74 Å². The quantitative estimate of drug-likeness (QED) is 0.618. The van der Waals surface area contributed by atoms with E-state index in [2.05, 4.69) is 24.0 Å². The van der Waals surface area contributed by atoms with Crippen LogP contribution in [0.2, 0.25) is 0 Å². The van der Waals surface area contributed by atoms with Crippen LogP contribution in [0.1, 0.15) is 44.3 Å². The number of aromatic nitrogens is 2. The van der Waals surface area contributed by atoms with Crippen LogP contribution in [0.3, 0.4) is 0 Å². The Morgan fingerprint density at radius 2 is 2.14 bits per heavy atom. The van der Waals surface area contributed by atoms with Gasteiger partial charge in [0.1, 0.15) is 11.6 Å². The number of nitrogens with zero attached hydrogens (tertiary/aromatic N) is 3. The Kier molecular flexibility index (Phi) is 4.93. The van der Waals surface area contributed by atoms with Crippen molar-refractivity contribution in [2.24, 2.45) is 0 Å². The first kappa shape index (κ1) is 15.3. The van der Waals surface area contributed by atoms with Gasteiger partial charge in [0.25, 0.3) is 5.56 Å². The van der Waals surface area contributed by atoms with E-state index in [-0.39, 0.29) is 11.5 Å². The molecule has 0 spiro atoms. The lowest BCUT2D eigenvalue weighted by molar-refractivity contribution is 0.122. The minimum Gasteiger partial charge on any atom is -0.378 e. The van der Waals surface area contributed by atoms with Gasteiger partial charge in [-0.05, 0) is 6.42 Å². The number of fused-ring (bicyclic) bond motifs is 1. The molecule has 2 aliphatic heterocycles. The maximum Gasteiger partial charge on any atom is 0.255 e. The predicted molar refractivity (Wildman–Crippen MR) is 87.6 cm³/mol. The van der Waals surface area contributed by atoms with E-state index in [9.17, 15) is 4.79 Å². The van der Waals surface area contributed by atoms with E-state index in [1.165, 1.54) is 19.3 Å². The van der Waals surface area contributed by atoms with E-state index in [0.717, 1.165) is 31.2 Å². The van der Waals surface area contributed by atoms with Crippen molar-refractivity contribution in [2.75, 3.05) is 31.2 Å². The smallest absolute Gasteiger partial charge is 0.255 e. The molecule has 1 saturated heterocycles. The number of rotatable bonds is 5. The lowest BCUT2D eigenvalue weighted by atomic mass is 9.97. The van der Waals surface area contributed by atoms with Crippen molar-refractivity contribution in [2.45, 2.75) is 45.1 Å². The fourth-order valence-corrected chi connectivity index (χ4v) is 3.19. The molecule has 5 nitrogen and oxygen atoms in total. The molecule has 1 fully saturated rings. The summed E-state index contributed by atoms with van der Waals surface area (Å²) in [4.78, 5) is 19.4. The predicted octanol–water partition coefficient (Wildman–Crippen LogP) is 2.31. The van der Waals surface area contributed by atoms with Crippen molar-refractivity contribution in [3.63, 3.8) is 0 Å². The molecule has 0 aliphatic carbocycles. The van der Waals surface area contributed by atoms with Gasteiger partial charge in [-0.25, -0.2) is 4.98 Å². The molecule has 22 heavy (non-hydrogen) atoms. The zero-order valence-corrected chi connectivity index (χ0v) is 13.3. The molecule has 0 bridgehead atoms. The van der Waals surface area contributed by atoms with Crippen LogP contribution >= 0.6 is 0 Å². The highest BCUT2D eigenvalue weighted by Crippen LogP contribution is 2.26. The second-order valence-electron chi connectivity index (χ2n) is 6.05.